The second-order valence-electron chi connectivity index (χ2n) is 5.06. The fourth-order valence-electron chi connectivity index (χ4n) is 2.57. The Kier molecular flexibility index (Phi) is 5.48. The van der Waals surface area contributed by atoms with Crippen LogP contribution in [-0.4, -0.2) is 26.7 Å². The van der Waals surface area contributed by atoms with Crippen LogP contribution in [0.25, 0.3) is 0 Å². The number of aliphatic hydroxyl groups is 1. The summed E-state index contributed by atoms with van der Waals surface area (Å²) in [6.45, 7) is 0.493. The number of hydrogen-bond donors (Lipinski definition) is 2. The van der Waals surface area contributed by atoms with Crippen LogP contribution in [0, 0.1) is 11.8 Å². The molecule has 0 bridgehead atoms. The fraction of sp³-hybridized carbons (Fsp3) is 0.538. The Morgan fingerprint density at radius 2 is 2.05 bits per heavy atom. The first-order valence-corrected chi connectivity index (χ1v) is 9.15. The predicted molar refractivity (Wildman–Crippen MR) is 82.3 cm³/mol. The first-order chi connectivity index (χ1) is 9.44. The highest BCUT2D eigenvalue weighted by molar-refractivity contribution is 9.10. The van der Waals surface area contributed by atoms with Gasteiger partial charge in [0.1, 0.15) is 0 Å². The van der Waals surface area contributed by atoms with Crippen molar-refractivity contribution in [2.45, 2.75) is 24.2 Å². The van der Waals surface area contributed by atoms with Crippen LogP contribution in [0.3, 0.4) is 0 Å². The molecule has 1 saturated carbocycles. The summed E-state index contributed by atoms with van der Waals surface area (Å²) >= 11 is 9.08. The Balaban J connectivity index is 2.05. The molecule has 1 aliphatic rings. The molecule has 1 aliphatic carbocycles. The minimum Gasteiger partial charge on any atom is -0.396 e. The molecular weight excluding hydrogens is 366 g/mol. The largest absolute Gasteiger partial charge is 0.396 e. The zero-order valence-corrected chi connectivity index (χ0v) is 14.0. The molecule has 0 spiro atoms. The Morgan fingerprint density at radius 3 is 2.70 bits per heavy atom. The van der Waals surface area contributed by atoms with Gasteiger partial charge >= 0.3 is 0 Å². The van der Waals surface area contributed by atoms with Gasteiger partial charge in [0.2, 0.25) is 10.0 Å². The van der Waals surface area contributed by atoms with Crippen molar-refractivity contribution in [2.75, 3.05) is 13.2 Å². The van der Waals surface area contributed by atoms with E-state index in [0.717, 1.165) is 19.3 Å². The third kappa shape index (κ3) is 3.74. The highest BCUT2D eigenvalue weighted by atomic mass is 79.9. The van der Waals surface area contributed by atoms with E-state index in [1.807, 2.05) is 0 Å². The van der Waals surface area contributed by atoms with Crippen LogP contribution in [0.4, 0.5) is 0 Å². The van der Waals surface area contributed by atoms with Crippen molar-refractivity contribution in [3.05, 3.63) is 27.7 Å². The minimum absolute atomic E-state index is 0.124. The van der Waals surface area contributed by atoms with Gasteiger partial charge in [-0.1, -0.05) is 18.0 Å². The van der Waals surface area contributed by atoms with E-state index in [2.05, 4.69) is 20.7 Å². The quantitative estimate of drug-likeness (QED) is 0.823. The van der Waals surface area contributed by atoms with Gasteiger partial charge in [-0.3, -0.25) is 0 Å². The van der Waals surface area contributed by atoms with Gasteiger partial charge < -0.3 is 5.11 Å². The van der Waals surface area contributed by atoms with Crippen LogP contribution < -0.4 is 4.72 Å². The van der Waals surface area contributed by atoms with Gasteiger partial charge in [0.15, 0.2) is 0 Å². The van der Waals surface area contributed by atoms with E-state index in [0.29, 0.717) is 16.0 Å². The molecule has 0 aromatic heterocycles. The molecule has 7 heteroatoms. The average molecular weight is 383 g/mol. The van der Waals surface area contributed by atoms with Gasteiger partial charge in [-0.25, -0.2) is 13.1 Å². The number of rotatable bonds is 5. The van der Waals surface area contributed by atoms with E-state index in [9.17, 15) is 13.5 Å². The fourth-order valence-corrected chi connectivity index (χ4v) is 4.34. The van der Waals surface area contributed by atoms with Gasteiger partial charge in [0.05, 0.1) is 9.92 Å². The Labute approximate surface area is 132 Å². The molecule has 0 saturated heterocycles. The second-order valence-corrected chi connectivity index (χ2v) is 8.09. The molecule has 4 nitrogen and oxygen atoms in total. The summed E-state index contributed by atoms with van der Waals surface area (Å²) in [5, 5.41) is 9.72. The minimum atomic E-state index is -3.54. The van der Waals surface area contributed by atoms with E-state index in [-0.39, 0.29) is 23.3 Å². The van der Waals surface area contributed by atoms with Gasteiger partial charge in [0, 0.05) is 17.6 Å². The smallest absolute Gasteiger partial charge is 0.240 e. The van der Waals surface area contributed by atoms with E-state index < -0.39 is 10.0 Å². The maximum atomic E-state index is 12.2. The second kappa shape index (κ2) is 6.75. The van der Waals surface area contributed by atoms with E-state index in [4.69, 9.17) is 11.6 Å². The number of benzene rings is 1. The number of hydrogen-bond acceptors (Lipinski definition) is 3. The van der Waals surface area contributed by atoms with Crippen molar-refractivity contribution in [2.24, 2.45) is 11.8 Å². The van der Waals surface area contributed by atoms with Gasteiger partial charge in [-0.05, 0) is 58.8 Å². The summed E-state index contributed by atoms with van der Waals surface area (Å²) in [5.74, 6) is 0.417. The molecule has 2 atom stereocenters. The van der Waals surface area contributed by atoms with Crippen LogP contribution in [0.2, 0.25) is 5.02 Å². The number of nitrogens with one attached hydrogen (secondary N) is 1. The molecular formula is C13H17BrClNO3S. The van der Waals surface area contributed by atoms with Gasteiger partial charge in [-0.2, -0.15) is 0 Å². The van der Waals surface area contributed by atoms with Crippen LogP contribution in [0.15, 0.2) is 27.6 Å². The van der Waals surface area contributed by atoms with Gasteiger partial charge in [-0.15, -0.1) is 0 Å². The van der Waals surface area contributed by atoms with Crippen molar-refractivity contribution < 1.29 is 13.5 Å². The molecule has 0 radical (unpaired) electrons. The zero-order chi connectivity index (χ0) is 14.8. The molecule has 0 heterocycles. The zero-order valence-electron chi connectivity index (χ0n) is 10.9. The molecule has 0 amide bonds. The SMILES string of the molecule is O=S(=O)(NCC1CCCC1CO)c1ccc(Cl)c(Br)c1. The first-order valence-electron chi connectivity index (χ1n) is 6.49. The van der Waals surface area contributed by atoms with Crippen LogP contribution in [0.5, 0.6) is 0 Å². The summed E-state index contributed by atoms with van der Waals surface area (Å²) < 4.78 is 27.6. The highest BCUT2D eigenvalue weighted by Crippen LogP contribution is 2.31. The summed E-state index contributed by atoms with van der Waals surface area (Å²) in [6.07, 6.45) is 2.97. The van der Waals surface area contributed by atoms with Crippen molar-refractivity contribution >= 4 is 37.6 Å². The van der Waals surface area contributed by atoms with Crippen molar-refractivity contribution in [1.82, 2.24) is 4.72 Å². The van der Waals surface area contributed by atoms with Crippen molar-refractivity contribution in [1.29, 1.82) is 0 Å². The van der Waals surface area contributed by atoms with E-state index in [1.165, 1.54) is 12.1 Å². The monoisotopic (exact) mass is 381 g/mol. The van der Waals surface area contributed by atoms with Crippen molar-refractivity contribution in [3.63, 3.8) is 0 Å². The normalized spacial score (nSPS) is 23.1. The third-order valence-corrected chi connectivity index (χ3v) is 6.42. The maximum absolute atomic E-state index is 12.2. The van der Waals surface area contributed by atoms with Crippen molar-refractivity contribution in [3.8, 4) is 0 Å². The van der Waals surface area contributed by atoms with Crippen LogP contribution >= 0.6 is 27.5 Å². The Bertz CT molecular complexity index is 579. The third-order valence-electron chi connectivity index (χ3n) is 3.79. The molecule has 1 fully saturated rings. The van der Waals surface area contributed by atoms with Crippen LogP contribution in [0.1, 0.15) is 19.3 Å². The Morgan fingerprint density at radius 1 is 1.35 bits per heavy atom. The maximum Gasteiger partial charge on any atom is 0.240 e. The molecule has 2 rings (SSSR count). The summed E-state index contributed by atoms with van der Waals surface area (Å²) in [4.78, 5) is 0.187. The lowest BCUT2D eigenvalue weighted by atomic mass is 9.97. The topological polar surface area (TPSA) is 66.4 Å². The molecule has 112 valence electrons. The molecule has 1 aromatic carbocycles. The average Bonchev–Trinajstić information content (AvgIpc) is 2.87. The molecule has 20 heavy (non-hydrogen) atoms. The molecule has 2 N–H and O–H groups in total. The van der Waals surface area contributed by atoms with Gasteiger partial charge in [0.25, 0.3) is 0 Å². The summed E-state index contributed by atoms with van der Waals surface area (Å²) in [5.41, 5.74) is 0. The highest BCUT2D eigenvalue weighted by Gasteiger charge is 2.28. The molecule has 2 unspecified atom stereocenters. The van der Waals surface area contributed by atoms with E-state index in [1.54, 1.807) is 6.07 Å². The number of sulfonamides is 1. The standard InChI is InChI=1S/C13H17BrClNO3S/c14-12-6-11(4-5-13(12)15)20(18,19)16-7-9-2-1-3-10(9)8-17/h4-6,9-10,16-17H,1-3,7-8H2. The molecule has 0 aliphatic heterocycles. The Hall–Kier alpha value is -0.140. The lowest BCUT2D eigenvalue weighted by Gasteiger charge is -2.18. The van der Waals surface area contributed by atoms with Crippen LogP contribution in [-0.2, 0) is 10.0 Å². The predicted octanol–water partition coefficient (Wildman–Crippen LogP) is 2.79. The molecule has 1 aromatic rings. The first kappa shape index (κ1) is 16.2. The lowest BCUT2D eigenvalue weighted by molar-refractivity contribution is 0.195. The summed E-state index contributed by atoms with van der Waals surface area (Å²) in [6, 6.07) is 4.52. The van der Waals surface area contributed by atoms with E-state index >= 15 is 0 Å². The lowest BCUT2D eigenvalue weighted by Crippen LogP contribution is -2.31. The summed E-state index contributed by atoms with van der Waals surface area (Å²) in [7, 11) is -3.54. The number of halogens is 2. The number of aliphatic hydroxyl groups excluding tert-OH is 1.